The van der Waals surface area contributed by atoms with Crippen LogP contribution in [0.4, 0.5) is 0 Å². The molecule has 5 rings (SSSR count). The maximum Gasteiger partial charge on any atom is 0.254 e. The number of amides is 2. The molecule has 2 aromatic carbocycles. The lowest BCUT2D eigenvalue weighted by atomic mass is 9.86. The molecule has 8 nitrogen and oxygen atoms in total. The van der Waals surface area contributed by atoms with Crippen molar-refractivity contribution in [2.75, 3.05) is 19.6 Å². The van der Waals surface area contributed by atoms with E-state index in [-0.39, 0.29) is 11.9 Å². The summed E-state index contributed by atoms with van der Waals surface area (Å²) in [6.45, 7) is 5.64. The van der Waals surface area contributed by atoms with Crippen LogP contribution in [-0.4, -0.2) is 53.2 Å². The van der Waals surface area contributed by atoms with E-state index >= 15 is 0 Å². The summed E-state index contributed by atoms with van der Waals surface area (Å²) in [7, 11) is 0. The first-order valence-electron chi connectivity index (χ1n) is 11.9. The fraction of sp³-hybridized carbons (Fsp3) is 0.296. The molecule has 2 amide bonds. The van der Waals surface area contributed by atoms with Gasteiger partial charge < -0.3 is 15.4 Å². The van der Waals surface area contributed by atoms with Crippen LogP contribution < -0.4 is 15.9 Å². The minimum atomic E-state index is -0.509. The van der Waals surface area contributed by atoms with E-state index in [1.54, 1.807) is 0 Å². The highest BCUT2D eigenvalue weighted by molar-refractivity contribution is 6.27. The fourth-order valence-electron chi connectivity index (χ4n) is 5.13. The minimum absolute atomic E-state index is 0.0201. The van der Waals surface area contributed by atoms with Crippen molar-refractivity contribution in [3.8, 4) is 11.5 Å². The van der Waals surface area contributed by atoms with Crippen LogP contribution in [0.2, 0.25) is 0 Å². The molecule has 0 bridgehead atoms. The summed E-state index contributed by atoms with van der Waals surface area (Å²) in [5, 5.41) is 2.02. The molecule has 0 aromatic heterocycles. The highest BCUT2D eigenvalue weighted by atomic mass is 16.5. The second-order valence-corrected chi connectivity index (χ2v) is 8.96. The van der Waals surface area contributed by atoms with Gasteiger partial charge in [-0.05, 0) is 67.7 Å². The van der Waals surface area contributed by atoms with Gasteiger partial charge in [0.15, 0.2) is 5.84 Å². The number of para-hydroxylation sites is 1. The van der Waals surface area contributed by atoms with Crippen molar-refractivity contribution in [1.82, 2.24) is 15.3 Å². The Labute approximate surface area is 204 Å². The minimum Gasteiger partial charge on any atom is -0.457 e. The number of rotatable bonds is 6. The quantitative estimate of drug-likeness (QED) is 0.631. The molecule has 3 aliphatic heterocycles. The van der Waals surface area contributed by atoms with Crippen molar-refractivity contribution in [3.63, 3.8) is 0 Å². The number of nitrogens with zero attached hydrogens (tertiary/aromatic N) is 3. The monoisotopic (exact) mass is 471 g/mol. The van der Waals surface area contributed by atoms with E-state index in [4.69, 9.17) is 10.5 Å². The van der Waals surface area contributed by atoms with Crippen LogP contribution in [0.25, 0.3) is 5.70 Å². The lowest BCUT2D eigenvalue weighted by Crippen LogP contribution is -2.53. The molecule has 8 heteroatoms. The third kappa shape index (κ3) is 4.51. The number of hydrogen-bond acceptors (Lipinski definition) is 6. The van der Waals surface area contributed by atoms with E-state index in [1.807, 2.05) is 64.5 Å². The topological polar surface area (TPSA) is 100 Å². The predicted octanol–water partition coefficient (Wildman–Crippen LogP) is 3.09. The average molecular weight is 472 g/mol. The van der Waals surface area contributed by atoms with Gasteiger partial charge in [-0.2, -0.15) is 0 Å². The van der Waals surface area contributed by atoms with Gasteiger partial charge in [-0.25, -0.2) is 0 Å². The van der Waals surface area contributed by atoms with Crippen LogP contribution in [0.15, 0.2) is 77.8 Å². The van der Waals surface area contributed by atoms with Gasteiger partial charge in [-0.15, -0.1) is 0 Å². The van der Waals surface area contributed by atoms with Crippen molar-refractivity contribution in [1.29, 1.82) is 0 Å². The normalized spacial score (nSPS) is 20.1. The second kappa shape index (κ2) is 9.66. The lowest BCUT2D eigenvalue weighted by molar-refractivity contribution is -0.127. The molecule has 0 radical (unpaired) electrons. The number of nitrogens with one attached hydrogen (secondary N) is 1. The first-order chi connectivity index (χ1) is 17.0. The first kappa shape index (κ1) is 22.7. The molecule has 3 heterocycles. The van der Waals surface area contributed by atoms with Gasteiger partial charge in [0.2, 0.25) is 5.91 Å². The van der Waals surface area contributed by atoms with Crippen LogP contribution in [-0.2, 0) is 9.59 Å². The molecular formula is C27H29N5O3. The third-order valence-electron chi connectivity index (χ3n) is 6.89. The number of carbonyl (C=O) groups excluding carboxylic acids is 2. The van der Waals surface area contributed by atoms with Crippen molar-refractivity contribution < 1.29 is 14.3 Å². The molecular weight excluding hydrogens is 442 g/mol. The van der Waals surface area contributed by atoms with Crippen LogP contribution in [0.1, 0.15) is 24.8 Å². The Morgan fingerprint density at radius 2 is 1.71 bits per heavy atom. The molecule has 3 N–H and O–H groups in total. The SMILES string of the molecule is C=CC(=O)N1CCC(C2CCN=C3C(C(N)=O)=C(c4ccc(Oc5ccccc5)cc4)NN32)CC1. The highest BCUT2D eigenvalue weighted by Crippen LogP contribution is 2.35. The molecule has 0 aliphatic carbocycles. The van der Waals surface area contributed by atoms with E-state index in [0.29, 0.717) is 48.4 Å². The van der Waals surface area contributed by atoms with Crippen LogP contribution in [0.3, 0.4) is 0 Å². The van der Waals surface area contributed by atoms with Crippen molar-refractivity contribution in [2.24, 2.45) is 16.6 Å². The Hall–Kier alpha value is -4.07. The smallest absolute Gasteiger partial charge is 0.254 e. The Bertz CT molecular complexity index is 1180. The number of benzene rings is 2. The Kier molecular flexibility index (Phi) is 6.27. The molecule has 35 heavy (non-hydrogen) atoms. The Balaban J connectivity index is 1.35. The number of piperidine rings is 1. The van der Waals surface area contributed by atoms with E-state index in [9.17, 15) is 9.59 Å². The first-order valence-corrected chi connectivity index (χ1v) is 11.9. The summed E-state index contributed by atoms with van der Waals surface area (Å²) >= 11 is 0. The van der Waals surface area contributed by atoms with Gasteiger partial charge in [0.1, 0.15) is 17.1 Å². The number of likely N-dealkylation sites (tertiary alicyclic amines) is 1. The van der Waals surface area contributed by atoms with Crippen molar-refractivity contribution >= 4 is 23.3 Å². The largest absolute Gasteiger partial charge is 0.457 e. The zero-order valence-electron chi connectivity index (χ0n) is 19.5. The van der Waals surface area contributed by atoms with E-state index in [0.717, 1.165) is 30.6 Å². The van der Waals surface area contributed by atoms with Gasteiger partial charge in [0.05, 0.1) is 11.7 Å². The molecule has 1 unspecified atom stereocenters. The maximum absolute atomic E-state index is 12.5. The maximum atomic E-state index is 12.5. The summed E-state index contributed by atoms with van der Waals surface area (Å²) in [6, 6.07) is 17.3. The third-order valence-corrected chi connectivity index (χ3v) is 6.89. The highest BCUT2D eigenvalue weighted by Gasteiger charge is 2.42. The molecule has 1 atom stereocenters. The summed E-state index contributed by atoms with van der Waals surface area (Å²) in [5.74, 6) is 1.91. The van der Waals surface area contributed by atoms with E-state index in [2.05, 4.69) is 17.0 Å². The molecule has 3 aliphatic rings. The number of amidine groups is 1. The number of primary amides is 1. The fourth-order valence-corrected chi connectivity index (χ4v) is 5.13. The number of aliphatic imine (C=N–C) groups is 1. The average Bonchev–Trinajstić information content (AvgIpc) is 3.29. The molecule has 1 fully saturated rings. The van der Waals surface area contributed by atoms with Gasteiger partial charge in [0.25, 0.3) is 5.91 Å². The standard InChI is InChI=1S/C27H29N5O3/c1-2-23(33)31-16-13-18(14-17-31)22-12-15-29-27-24(26(28)34)25(30-32(22)27)19-8-10-21(11-9-19)35-20-6-4-3-5-7-20/h2-11,18,22,30H,1,12-17H2,(H2,28,34). The van der Waals surface area contributed by atoms with E-state index < -0.39 is 5.91 Å². The van der Waals surface area contributed by atoms with E-state index in [1.165, 1.54) is 6.08 Å². The second-order valence-electron chi connectivity index (χ2n) is 8.96. The predicted molar refractivity (Wildman–Crippen MR) is 134 cm³/mol. The van der Waals surface area contributed by atoms with Crippen LogP contribution >= 0.6 is 0 Å². The zero-order chi connectivity index (χ0) is 24.4. The summed E-state index contributed by atoms with van der Waals surface area (Å²) in [5.41, 5.74) is 11.2. The number of hydrazine groups is 1. The molecule has 1 saturated heterocycles. The summed E-state index contributed by atoms with van der Waals surface area (Å²) < 4.78 is 5.90. The number of fused-ring (bicyclic) bond motifs is 1. The van der Waals surface area contributed by atoms with Crippen LogP contribution in [0.5, 0.6) is 11.5 Å². The zero-order valence-corrected chi connectivity index (χ0v) is 19.5. The summed E-state index contributed by atoms with van der Waals surface area (Å²) in [4.78, 5) is 31.0. The Morgan fingerprint density at radius 3 is 2.37 bits per heavy atom. The number of ether oxygens (including phenoxy) is 1. The molecule has 180 valence electrons. The number of carbonyl (C=O) groups is 2. The van der Waals surface area contributed by atoms with Gasteiger partial charge in [-0.3, -0.25) is 25.0 Å². The van der Waals surface area contributed by atoms with Gasteiger partial charge in [0, 0.05) is 25.2 Å². The van der Waals surface area contributed by atoms with Crippen molar-refractivity contribution in [2.45, 2.75) is 25.3 Å². The van der Waals surface area contributed by atoms with Crippen LogP contribution in [0, 0.1) is 5.92 Å². The summed E-state index contributed by atoms with van der Waals surface area (Å²) in [6.07, 6.45) is 4.03. The van der Waals surface area contributed by atoms with Gasteiger partial charge in [-0.1, -0.05) is 24.8 Å². The van der Waals surface area contributed by atoms with Gasteiger partial charge >= 0.3 is 0 Å². The molecule has 0 saturated carbocycles. The lowest BCUT2D eigenvalue weighted by Gasteiger charge is -2.42. The molecule has 2 aromatic rings. The number of hydrogen-bond donors (Lipinski definition) is 2. The molecule has 0 spiro atoms. The van der Waals surface area contributed by atoms with Crippen molar-refractivity contribution in [3.05, 3.63) is 78.4 Å². The number of nitrogens with two attached hydrogens (primary N) is 1. The Morgan fingerprint density at radius 1 is 1.03 bits per heavy atom.